The van der Waals surface area contributed by atoms with Gasteiger partial charge in [-0.2, -0.15) is 0 Å². The molecule has 0 saturated heterocycles. The summed E-state index contributed by atoms with van der Waals surface area (Å²) in [5, 5.41) is 10.8. The Labute approximate surface area is 121 Å². The van der Waals surface area contributed by atoms with Crippen LogP contribution in [-0.2, 0) is 6.42 Å². The van der Waals surface area contributed by atoms with Crippen LogP contribution in [0.5, 0.6) is 0 Å². The van der Waals surface area contributed by atoms with Gasteiger partial charge in [-0.05, 0) is 50.6 Å². The van der Waals surface area contributed by atoms with Crippen molar-refractivity contribution in [1.82, 2.24) is 4.90 Å². The third kappa shape index (κ3) is 3.21. The van der Waals surface area contributed by atoms with Crippen LogP contribution in [0.2, 0.25) is 0 Å². The monoisotopic (exact) mass is 279 g/mol. The highest BCUT2D eigenvalue weighted by molar-refractivity contribution is 5.18. The van der Waals surface area contributed by atoms with E-state index in [1.54, 1.807) is 6.07 Å². The standard InChI is InChI=1S/C17H26FNO/c1-13-6-5-9-17(12-13,19(2)3)16(20)11-14-7-4-8-15(18)10-14/h4,7-8,10,13,16,20H,5-6,9,11-12H2,1-3H3. The molecular weight excluding hydrogens is 253 g/mol. The van der Waals surface area contributed by atoms with Gasteiger partial charge in [0, 0.05) is 12.0 Å². The fourth-order valence-corrected chi connectivity index (χ4v) is 3.65. The van der Waals surface area contributed by atoms with Gasteiger partial charge in [-0.3, -0.25) is 0 Å². The Hall–Kier alpha value is -0.930. The molecule has 0 spiro atoms. The first-order chi connectivity index (χ1) is 9.44. The maximum absolute atomic E-state index is 13.3. The summed E-state index contributed by atoms with van der Waals surface area (Å²) in [5.74, 6) is 0.402. The highest BCUT2D eigenvalue weighted by Gasteiger charge is 2.42. The van der Waals surface area contributed by atoms with Gasteiger partial charge in [-0.1, -0.05) is 31.9 Å². The maximum atomic E-state index is 13.3. The van der Waals surface area contributed by atoms with E-state index in [4.69, 9.17) is 0 Å². The van der Waals surface area contributed by atoms with E-state index in [0.29, 0.717) is 12.3 Å². The number of nitrogens with zero attached hydrogens (tertiary/aromatic N) is 1. The summed E-state index contributed by atoms with van der Waals surface area (Å²) in [6, 6.07) is 6.57. The molecule has 0 amide bonds. The second-order valence-electron chi connectivity index (χ2n) is 6.55. The Kier molecular flexibility index (Phi) is 4.82. The minimum absolute atomic E-state index is 0.177. The van der Waals surface area contributed by atoms with Gasteiger partial charge in [-0.25, -0.2) is 4.39 Å². The highest BCUT2D eigenvalue weighted by Crippen LogP contribution is 2.39. The molecule has 0 aliphatic heterocycles. The molecule has 112 valence electrons. The first-order valence-electron chi connectivity index (χ1n) is 7.54. The van der Waals surface area contributed by atoms with Crippen molar-refractivity contribution in [2.45, 2.75) is 50.7 Å². The van der Waals surface area contributed by atoms with Gasteiger partial charge in [0.1, 0.15) is 5.82 Å². The Morgan fingerprint density at radius 1 is 1.45 bits per heavy atom. The van der Waals surface area contributed by atoms with Crippen molar-refractivity contribution in [3.05, 3.63) is 35.6 Å². The third-order valence-corrected chi connectivity index (χ3v) is 4.84. The van der Waals surface area contributed by atoms with Crippen LogP contribution in [0.3, 0.4) is 0 Å². The Balaban J connectivity index is 2.17. The van der Waals surface area contributed by atoms with Crippen molar-refractivity contribution in [3.63, 3.8) is 0 Å². The van der Waals surface area contributed by atoms with E-state index in [9.17, 15) is 9.50 Å². The maximum Gasteiger partial charge on any atom is 0.123 e. The molecule has 2 rings (SSSR count). The Morgan fingerprint density at radius 3 is 2.80 bits per heavy atom. The fourth-order valence-electron chi connectivity index (χ4n) is 3.65. The molecule has 1 saturated carbocycles. The number of hydrogen-bond donors (Lipinski definition) is 1. The van der Waals surface area contributed by atoms with E-state index >= 15 is 0 Å². The molecule has 1 fully saturated rings. The Bertz CT molecular complexity index is 448. The number of hydrogen-bond acceptors (Lipinski definition) is 2. The minimum atomic E-state index is -0.456. The molecule has 1 aromatic rings. The summed E-state index contributed by atoms with van der Waals surface area (Å²) in [5.41, 5.74) is 0.696. The molecule has 2 nitrogen and oxygen atoms in total. The largest absolute Gasteiger partial charge is 0.391 e. The first kappa shape index (κ1) is 15.5. The van der Waals surface area contributed by atoms with Crippen molar-refractivity contribution >= 4 is 0 Å². The molecule has 0 aromatic heterocycles. The normalized spacial score (nSPS) is 28.6. The fraction of sp³-hybridized carbons (Fsp3) is 0.647. The van der Waals surface area contributed by atoms with Gasteiger partial charge in [0.15, 0.2) is 0 Å². The lowest BCUT2D eigenvalue weighted by Crippen LogP contribution is -2.56. The molecule has 3 heteroatoms. The average molecular weight is 279 g/mol. The number of rotatable bonds is 4. The van der Waals surface area contributed by atoms with Crippen LogP contribution < -0.4 is 0 Å². The van der Waals surface area contributed by atoms with E-state index in [1.165, 1.54) is 18.6 Å². The van der Waals surface area contributed by atoms with Gasteiger partial charge in [-0.15, -0.1) is 0 Å². The molecule has 3 unspecified atom stereocenters. The van der Waals surface area contributed by atoms with E-state index in [2.05, 4.69) is 11.8 Å². The smallest absolute Gasteiger partial charge is 0.123 e. The van der Waals surface area contributed by atoms with Crippen LogP contribution in [-0.4, -0.2) is 35.7 Å². The topological polar surface area (TPSA) is 23.5 Å². The predicted octanol–water partition coefficient (Wildman–Crippen LogP) is 3.24. The summed E-state index contributed by atoms with van der Waals surface area (Å²) in [7, 11) is 4.10. The van der Waals surface area contributed by atoms with Crippen LogP contribution in [0.4, 0.5) is 4.39 Å². The average Bonchev–Trinajstić information content (AvgIpc) is 2.38. The second kappa shape index (κ2) is 6.23. The molecular formula is C17H26FNO. The van der Waals surface area contributed by atoms with Crippen LogP contribution >= 0.6 is 0 Å². The molecule has 1 aliphatic carbocycles. The number of likely N-dealkylation sites (N-methyl/N-ethyl adjacent to an activating group) is 1. The molecule has 3 atom stereocenters. The summed E-state index contributed by atoms with van der Waals surface area (Å²) in [4.78, 5) is 2.17. The quantitative estimate of drug-likeness (QED) is 0.914. The lowest BCUT2D eigenvalue weighted by atomic mass is 9.71. The van der Waals surface area contributed by atoms with Crippen LogP contribution in [0.25, 0.3) is 0 Å². The van der Waals surface area contributed by atoms with Crippen molar-refractivity contribution in [3.8, 4) is 0 Å². The molecule has 0 bridgehead atoms. The van der Waals surface area contributed by atoms with Crippen molar-refractivity contribution in [1.29, 1.82) is 0 Å². The van der Waals surface area contributed by atoms with Crippen molar-refractivity contribution in [2.24, 2.45) is 5.92 Å². The SMILES string of the molecule is CC1CCCC(C(O)Cc2cccc(F)c2)(N(C)C)C1. The van der Waals surface area contributed by atoms with Crippen LogP contribution in [0, 0.1) is 11.7 Å². The number of aliphatic hydroxyl groups is 1. The van der Waals surface area contributed by atoms with Crippen molar-refractivity contribution in [2.75, 3.05) is 14.1 Å². The number of aliphatic hydroxyl groups excluding tert-OH is 1. The summed E-state index contributed by atoms with van der Waals surface area (Å²) in [6.07, 6.45) is 4.48. The summed E-state index contributed by atoms with van der Waals surface area (Å²) >= 11 is 0. The van der Waals surface area contributed by atoms with Gasteiger partial charge in [0.25, 0.3) is 0 Å². The van der Waals surface area contributed by atoms with E-state index in [1.807, 2.05) is 20.2 Å². The Morgan fingerprint density at radius 2 is 2.20 bits per heavy atom. The van der Waals surface area contributed by atoms with E-state index in [-0.39, 0.29) is 11.4 Å². The lowest BCUT2D eigenvalue weighted by molar-refractivity contribution is -0.0424. The number of benzene rings is 1. The van der Waals surface area contributed by atoms with Gasteiger partial charge in [0.2, 0.25) is 0 Å². The zero-order valence-electron chi connectivity index (χ0n) is 12.8. The van der Waals surface area contributed by atoms with Crippen LogP contribution in [0.15, 0.2) is 24.3 Å². The van der Waals surface area contributed by atoms with E-state index < -0.39 is 6.10 Å². The van der Waals surface area contributed by atoms with Crippen LogP contribution in [0.1, 0.15) is 38.2 Å². The van der Waals surface area contributed by atoms with Crippen molar-refractivity contribution < 1.29 is 9.50 Å². The molecule has 0 heterocycles. The zero-order chi connectivity index (χ0) is 14.8. The number of halogens is 1. The zero-order valence-corrected chi connectivity index (χ0v) is 12.8. The second-order valence-corrected chi connectivity index (χ2v) is 6.55. The molecule has 1 N–H and O–H groups in total. The minimum Gasteiger partial charge on any atom is -0.391 e. The predicted molar refractivity (Wildman–Crippen MR) is 80.2 cm³/mol. The molecule has 0 radical (unpaired) electrons. The highest BCUT2D eigenvalue weighted by atomic mass is 19.1. The summed E-state index contributed by atoms with van der Waals surface area (Å²) < 4.78 is 13.3. The van der Waals surface area contributed by atoms with Gasteiger partial charge >= 0.3 is 0 Å². The van der Waals surface area contributed by atoms with Gasteiger partial charge < -0.3 is 10.0 Å². The lowest BCUT2D eigenvalue weighted by Gasteiger charge is -2.48. The molecule has 20 heavy (non-hydrogen) atoms. The molecule has 1 aromatic carbocycles. The first-order valence-corrected chi connectivity index (χ1v) is 7.54. The third-order valence-electron chi connectivity index (χ3n) is 4.84. The summed E-state index contributed by atoms with van der Waals surface area (Å²) in [6.45, 7) is 2.26. The van der Waals surface area contributed by atoms with E-state index in [0.717, 1.165) is 24.8 Å². The molecule has 1 aliphatic rings. The van der Waals surface area contributed by atoms with Gasteiger partial charge in [0.05, 0.1) is 6.10 Å².